The van der Waals surface area contributed by atoms with Crippen LogP contribution in [0.15, 0.2) is 36.7 Å². The Balaban J connectivity index is 1.91. The summed E-state index contributed by atoms with van der Waals surface area (Å²) >= 11 is 0. The second kappa shape index (κ2) is 3.48. The maximum Gasteiger partial charge on any atom is 0.225 e. The van der Waals surface area contributed by atoms with E-state index in [1.54, 1.807) is 12.4 Å². The molecule has 4 nitrogen and oxygen atoms in total. The molecule has 3 rings (SSSR count). The number of nitrogens with two attached hydrogens (primary N) is 1. The second-order valence-electron chi connectivity index (χ2n) is 3.93. The highest BCUT2D eigenvalue weighted by Gasteiger charge is 2.20. The zero-order valence-corrected chi connectivity index (χ0v) is 8.80. The quantitative estimate of drug-likeness (QED) is 0.729. The molecular weight excluding hydrogens is 200 g/mol. The van der Waals surface area contributed by atoms with Gasteiger partial charge in [0.2, 0.25) is 5.95 Å². The van der Waals surface area contributed by atoms with Crippen LogP contribution in [0.1, 0.15) is 11.1 Å². The normalized spacial score (nSPS) is 13.9. The molecule has 2 N–H and O–H groups in total. The van der Waals surface area contributed by atoms with Crippen molar-refractivity contribution in [2.45, 2.75) is 13.1 Å². The van der Waals surface area contributed by atoms with E-state index in [1.807, 2.05) is 18.2 Å². The van der Waals surface area contributed by atoms with Crippen molar-refractivity contribution in [3.05, 3.63) is 47.8 Å². The molecule has 0 bridgehead atoms. The molecule has 2 heterocycles. The average molecular weight is 212 g/mol. The molecule has 0 fully saturated rings. The summed E-state index contributed by atoms with van der Waals surface area (Å²) in [6.45, 7) is 1.70. The predicted octanol–water partition coefficient (Wildman–Crippen LogP) is 1.58. The number of fused-ring (bicyclic) bond motifs is 1. The van der Waals surface area contributed by atoms with E-state index in [2.05, 4.69) is 20.9 Å². The molecule has 1 aliphatic heterocycles. The van der Waals surface area contributed by atoms with Crippen LogP contribution in [0.25, 0.3) is 0 Å². The van der Waals surface area contributed by atoms with Gasteiger partial charge in [-0.25, -0.2) is 9.97 Å². The van der Waals surface area contributed by atoms with Crippen LogP contribution in [0, 0.1) is 0 Å². The molecule has 1 aromatic heterocycles. The summed E-state index contributed by atoms with van der Waals surface area (Å²) in [5.41, 5.74) is 9.16. The first kappa shape index (κ1) is 9.15. The summed E-state index contributed by atoms with van der Waals surface area (Å²) in [6.07, 6.45) is 3.53. The molecule has 0 saturated carbocycles. The Bertz CT molecular complexity index is 510. The van der Waals surface area contributed by atoms with Gasteiger partial charge in [0.05, 0.1) is 0 Å². The summed E-state index contributed by atoms with van der Waals surface area (Å²) in [4.78, 5) is 10.6. The standard InChI is InChI=1S/C12H12N4/c13-11-3-2-9-7-16(8-10(9)6-11)12-14-4-1-5-15-12/h1-6H,7-8,13H2. The van der Waals surface area contributed by atoms with Gasteiger partial charge < -0.3 is 10.6 Å². The fourth-order valence-corrected chi connectivity index (χ4v) is 2.01. The van der Waals surface area contributed by atoms with Crippen molar-refractivity contribution < 1.29 is 0 Å². The van der Waals surface area contributed by atoms with E-state index in [-0.39, 0.29) is 0 Å². The summed E-state index contributed by atoms with van der Waals surface area (Å²) in [7, 11) is 0. The molecule has 0 radical (unpaired) electrons. The van der Waals surface area contributed by atoms with Gasteiger partial charge >= 0.3 is 0 Å². The van der Waals surface area contributed by atoms with Gasteiger partial charge in [-0.05, 0) is 29.3 Å². The van der Waals surface area contributed by atoms with Crippen LogP contribution in [-0.4, -0.2) is 9.97 Å². The van der Waals surface area contributed by atoms with Gasteiger partial charge in [0.25, 0.3) is 0 Å². The fraction of sp³-hybridized carbons (Fsp3) is 0.167. The number of aromatic nitrogens is 2. The van der Waals surface area contributed by atoms with Crippen molar-refractivity contribution in [3.63, 3.8) is 0 Å². The van der Waals surface area contributed by atoms with Gasteiger partial charge in [0.1, 0.15) is 0 Å². The van der Waals surface area contributed by atoms with Gasteiger partial charge in [0.15, 0.2) is 0 Å². The van der Waals surface area contributed by atoms with Crippen molar-refractivity contribution in [2.24, 2.45) is 0 Å². The van der Waals surface area contributed by atoms with Crippen molar-refractivity contribution in [2.75, 3.05) is 10.6 Å². The van der Waals surface area contributed by atoms with Crippen LogP contribution in [0.2, 0.25) is 0 Å². The lowest BCUT2D eigenvalue weighted by atomic mass is 10.1. The number of benzene rings is 1. The van der Waals surface area contributed by atoms with Crippen LogP contribution in [0.5, 0.6) is 0 Å². The number of rotatable bonds is 1. The first-order valence-electron chi connectivity index (χ1n) is 5.22. The maximum atomic E-state index is 5.77. The molecule has 1 aromatic carbocycles. The maximum absolute atomic E-state index is 5.77. The number of hydrogen-bond acceptors (Lipinski definition) is 4. The minimum absolute atomic E-state index is 0.775. The number of anilines is 2. The summed E-state index contributed by atoms with van der Waals surface area (Å²) in [5.74, 6) is 0.775. The zero-order valence-electron chi connectivity index (χ0n) is 8.80. The number of nitrogen functional groups attached to an aromatic ring is 1. The second-order valence-corrected chi connectivity index (χ2v) is 3.93. The van der Waals surface area contributed by atoms with Gasteiger partial charge in [-0.3, -0.25) is 0 Å². The highest BCUT2D eigenvalue weighted by molar-refractivity contribution is 5.50. The lowest BCUT2D eigenvalue weighted by molar-refractivity contribution is 0.828. The lowest BCUT2D eigenvalue weighted by Gasteiger charge is -2.13. The van der Waals surface area contributed by atoms with E-state index >= 15 is 0 Å². The SMILES string of the molecule is Nc1ccc2c(c1)CN(c1ncccn1)C2. The lowest BCUT2D eigenvalue weighted by Crippen LogP contribution is -2.17. The van der Waals surface area contributed by atoms with Gasteiger partial charge in [-0.2, -0.15) is 0 Å². The Labute approximate surface area is 93.8 Å². The zero-order chi connectivity index (χ0) is 11.0. The largest absolute Gasteiger partial charge is 0.399 e. The van der Waals surface area contributed by atoms with E-state index in [4.69, 9.17) is 5.73 Å². The Morgan fingerprint density at radius 2 is 1.81 bits per heavy atom. The highest BCUT2D eigenvalue weighted by atomic mass is 15.3. The smallest absolute Gasteiger partial charge is 0.225 e. The van der Waals surface area contributed by atoms with Crippen molar-refractivity contribution in [1.29, 1.82) is 0 Å². The summed E-state index contributed by atoms with van der Waals surface area (Å²) in [6, 6.07) is 7.87. The number of nitrogens with zero attached hydrogens (tertiary/aromatic N) is 3. The molecule has 0 amide bonds. The Hall–Kier alpha value is -2.10. The third-order valence-corrected chi connectivity index (χ3v) is 2.79. The Morgan fingerprint density at radius 1 is 1.06 bits per heavy atom. The molecule has 0 aliphatic carbocycles. The van der Waals surface area contributed by atoms with Crippen LogP contribution in [0.3, 0.4) is 0 Å². The van der Waals surface area contributed by atoms with E-state index in [1.165, 1.54) is 11.1 Å². The van der Waals surface area contributed by atoms with Gasteiger partial charge in [0, 0.05) is 31.2 Å². The minimum atomic E-state index is 0.775. The molecule has 0 spiro atoms. The monoisotopic (exact) mass is 212 g/mol. The molecule has 80 valence electrons. The van der Waals surface area contributed by atoms with Crippen LogP contribution in [0.4, 0.5) is 11.6 Å². The van der Waals surface area contributed by atoms with Crippen molar-refractivity contribution >= 4 is 11.6 Å². The number of hydrogen-bond donors (Lipinski definition) is 1. The predicted molar refractivity (Wildman–Crippen MR) is 62.8 cm³/mol. The molecular formula is C12H12N4. The Morgan fingerprint density at radius 3 is 2.62 bits per heavy atom. The first-order chi connectivity index (χ1) is 7.83. The van der Waals surface area contributed by atoms with Gasteiger partial charge in [-0.15, -0.1) is 0 Å². The van der Waals surface area contributed by atoms with Crippen LogP contribution >= 0.6 is 0 Å². The summed E-state index contributed by atoms with van der Waals surface area (Å²) < 4.78 is 0. The molecule has 0 unspecified atom stereocenters. The average Bonchev–Trinajstić information content (AvgIpc) is 2.73. The third kappa shape index (κ3) is 1.48. The third-order valence-electron chi connectivity index (χ3n) is 2.79. The molecule has 0 atom stereocenters. The van der Waals surface area contributed by atoms with E-state index in [0.29, 0.717) is 0 Å². The fourth-order valence-electron chi connectivity index (χ4n) is 2.01. The van der Waals surface area contributed by atoms with Gasteiger partial charge in [-0.1, -0.05) is 6.07 Å². The van der Waals surface area contributed by atoms with E-state index in [9.17, 15) is 0 Å². The highest BCUT2D eigenvalue weighted by Crippen LogP contribution is 2.26. The van der Waals surface area contributed by atoms with Crippen LogP contribution in [-0.2, 0) is 13.1 Å². The summed E-state index contributed by atoms with van der Waals surface area (Å²) in [5, 5.41) is 0. The molecule has 0 saturated heterocycles. The first-order valence-corrected chi connectivity index (χ1v) is 5.22. The van der Waals surface area contributed by atoms with E-state index < -0.39 is 0 Å². The topological polar surface area (TPSA) is 55.0 Å². The van der Waals surface area contributed by atoms with Crippen molar-refractivity contribution in [3.8, 4) is 0 Å². The molecule has 16 heavy (non-hydrogen) atoms. The minimum Gasteiger partial charge on any atom is -0.399 e. The van der Waals surface area contributed by atoms with Crippen LogP contribution < -0.4 is 10.6 Å². The van der Waals surface area contributed by atoms with Crippen molar-refractivity contribution in [1.82, 2.24) is 9.97 Å². The molecule has 2 aromatic rings. The molecule has 4 heteroatoms. The Kier molecular flexibility index (Phi) is 1.99. The molecule has 1 aliphatic rings. The van der Waals surface area contributed by atoms with E-state index in [0.717, 1.165) is 24.7 Å².